The molecule has 0 spiro atoms. The number of nitro benzene ring substituents is 1. The molecule has 0 unspecified atom stereocenters. The number of rotatable bonds is 4. The van der Waals surface area contributed by atoms with Gasteiger partial charge in [-0.05, 0) is 24.3 Å². The van der Waals surface area contributed by atoms with Crippen LogP contribution in [0.4, 0.5) is 11.4 Å². The fourth-order valence-corrected chi connectivity index (χ4v) is 2.27. The SMILES string of the molecule is O=C(/C=C\c1c(Cl)cccc1Cl)Nc1ccccc1[N+](=O)[O-]. The van der Waals surface area contributed by atoms with Crippen molar-refractivity contribution < 1.29 is 9.72 Å². The second-order valence-electron chi connectivity index (χ2n) is 4.23. The van der Waals surface area contributed by atoms with Crippen molar-refractivity contribution in [3.8, 4) is 0 Å². The monoisotopic (exact) mass is 336 g/mol. The van der Waals surface area contributed by atoms with Gasteiger partial charge in [-0.3, -0.25) is 14.9 Å². The maximum atomic E-state index is 11.9. The van der Waals surface area contributed by atoms with Crippen LogP contribution in [0.1, 0.15) is 5.56 Å². The number of anilines is 1. The van der Waals surface area contributed by atoms with Crippen LogP contribution in [0.25, 0.3) is 6.08 Å². The predicted molar refractivity (Wildman–Crippen MR) is 87.2 cm³/mol. The van der Waals surface area contributed by atoms with E-state index in [-0.39, 0.29) is 11.4 Å². The number of hydrogen-bond donors (Lipinski definition) is 1. The molecule has 1 amide bonds. The number of nitrogens with zero attached hydrogens (tertiary/aromatic N) is 1. The molecule has 22 heavy (non-hydrogen) atoms. The first-order chi connectivity index (χ1) is 10.5. The lowest BCUT2D eigenvalue weighted by atomic mass is 10.2. The summed E-state index contributed by atoms with van der Waals surface area (Å²) in [5.41, 5.74) is 0.441. The Hall–Kier alpha value is -2.37. The van der Waals surface area contributed by atoms with E-state index in [1.54, 1.807) is 24.3 Å². The van der Waals surface area contributed by atoms with E-state index in [4.69, 9.17) is 23.2 Å². The average molecular weight is 337 g/mol. The van der Waals surface area contributed by atoms with Gasteiger partial charge in [0.2, 0.25) is 5.91 Å². The molecular weight excluding hydrogens is 327 g/mol. The van der Waals surface area contributed by atoms with E-state index in [1.165, 1.54) is 30.4 Å². The highest BCUT2D eigenvalue weighted by molar-refractivity contribution is 6.37. The van der Waals surface area contributed by atoms with Crippen LogP contribution in [0.3, 0.4) is 0 Å². The van der Waals surface area contributed by atoms with E-state index in [1.807, 2.05) is 0 Å². The molecule has 0 fully saturated rings. The van der Waals surface area contributed by atoms with E-state index >= 15 is 0 Å². The normalized spacial score (nSPS) is 10.6. The minimum absolute atomic E-state index is 0.118. The summed E-state index contributed by atoms with van der Waals surface area (Å²) in [7, 11) is 0. The first-order valence-corrected chi connectivity index (χ1v) is 6.91. The van der Waals surface area contributed by atoms with Crippen molar-refractivity contribution >= 4 is 46.6 Å². The molecule has 0 aromatic heterocycles. The largest absolute Gasteiger partial charge is 0.317 e. The summed E-state index contributed by atoms with van der Waals surface area (Å²) in [5, 5.41) is 14.1. The van der Waals surface area contributed by atoms with Gasteiger partial charge in [-0.2, -0.15) is 0 Å². The zero-order chi connectivity index (χ0) is 16.1. The molecule has 0 aliphatic carbocycles. The van der Waals surface area contributed by atoms with Crippen LogP contribution >= 0.6 is 23.2 Å². The zero-order valence-electron chi connectivity index (χ0n) is 11.1. The molecule has 0 atom stereocenters. The summed E-state index contributed by atoms with van der Waals surface area (Å²) in [6.45, 7) is 0. The minimum atomic E-state index is -0.565. The van der Waals surface area contributed by atoms with E-state index in [0.29, 0.717) is 15.6 Å². The molecule has 0 radical (unpaired) electrons. The molecule has 0 bridgehead atoms. The van der Waals surface area contributed by atoms with Crippen molar-refractivity contribution in [2.75, 3.05) is 5.32 Å². The molecule has 0 saturated heterocycles. The Kier molecular flexibility index (Phi) is 5.14. The van der Waals surface area contributed by atoms with Crippen molar-refractivity contribution in [2.24, 2.45) is 0 Å². The number of amides is 1. The summed E-state index contributed by atoms with van der Waals surface area (Å²) in [6.07, 6.45) is 2.67. The van der Waals surface area contributed by atoms with E-state index < -0.39 is 10.8 Å². The summed E-state index contributed by atoms with van der Waals surface area (Å²) in [4.78, 5) is 22.2. The topological polar surface area (TPSA) is 72.2 Å². The number of hydrogen-bond acceptors (Lipinski definition) is 3. The first kappa shape index (κ1) is 16.0. The quantitative estimate of drug-likeness (QED) is 0.505. The van der Waals surface area contributed by atoms with Crippen LogP contribution in [0.2, 0.25) is 10.0 Å². The highest BCUT2D eigenvalue weighted by Crippen LogP contribution is 2.26. The number of benzene rings is 2. The van der Waals surface area contributed by atoms with Crippen LogP contribution in [0, 0.1) is 10.1 Å². The second-order valence-corrected chi connectivity index (χ2v) is 5.05. The Balaban J connectivity index is 2.17. The molecule has 2 aromatic rings. The molecule has 5 nitrogen and oxygen atoms in total. The van der Waals surface area contributed by atoms with Gasteiger partial charge in [0.1, 0.15) is 5.69 Å². The molecular formula is C15H10Cl2N2O3. The van der Waals surface area contributed by atoms with Crippen molar-refractivity contribution in [3.63, 3.8) is 0 Å². The Morgan fingerprint density at radius 1 is 1.09 bits per heavy atom. The summed E-state index contributed by atoms with van der Waals surface area (Å²) >= 11 is 12.0. The maximum absolute atomic E-state index is 11.9. The van der Waals surface area contributed by atoms with Gasteiger partial charge in [-0.1, -0.05) is 41.4 Å². The summed E-state index contributed by atoms with van der Waals surface area (Å²) < 4.78 is 0. The maximum Gasteiger partial charge on any atom is 0.292 e. The van der Waals surface area contributed by atoms with Gasteiger partial charge in [0.15, 0.2) is 0 Å². The molecule has 0 heterocycles. The predicted octanol–water partition coefficient (Wildman–Crippen LogP) is 4.55. The molecule has 1 N–H and O–H groups in total. The number of halogens is 2. The molecule has 2 aromatic carbocycles. The molecule has 112 valence electrons. The number of nitrogens with one attached hydrogen (secondary N) is 1. The van der Waals surface area contributed by atoms with Gasteiger partial charge in [-0.15, -0.1) is 0 Å². The van der Waals surface area contributed by atoms with Crippen molar-refractivity contribution in [3.05, 3.63) is 74.3 Å². The van der Waals surface area contributed by atoms with E-state index in [2.05, 4.69) is 5.32 Å². The molecule has 0 aliphatic rings. The summed E-state index contributed by atoms with van der Waals surface area (Å²) in [5.74, 6) is -0.523. The Labute approximate surface area is 136 Å². The fourth-order valence-electron chi connectivity index (χ4n) is 1.74. The highest BCUT2D eigenvalue weighted by atomic mass is 35.5. The standard InChI is InChI=1S/C15H10Cl2N2O3/c16-11-4-3-5-12(17)10(11)8-9-15(20)18-13-6-1-2-7-14(13)19(21)22/h1-9H,(H,18,20)/b9-8-. The average Bonchev–Trinajstić information content (AvgIpc) is 2.47. The molecule has 0 aliphatic heterocycles. The van der Waals surface area contributed by atoms with Crippen LogP contribution in [-0.4, -0.2) is 10.8 Å². The van der Waals surface area contributed by atoms with Crippen LogP contribution in [0.5, 0.6) is 0 Å². The van der Waals surface area contributed by atoms with Gasteiger partial charge in [0, 0.05) is 27.8 Å². The van der Waals surface area contributed by atoms with Gasteiger partial charge >= 0.3 is 0 Å². The zero-order valence-corrected chi connectivity index (χ0v) is 12.6. The van der Waals surface area contributed by atoms with Crippen LogP contribution < -0.4 is 5.32 Å². The van der Waals surface area contributed by atoms with Gasteiger partial charge in [-0.25, -0.2) is 0 Å². The first-order valence-electron chi connectivity index (χ1n) is 6.15. The third kappa shape index (κ3) is 3.84. The lowest BCUT2D eigenvalue weighted by molar-refractivity contribution is -0.383. The van der Waals surface area contributed by atoms with E-state index in [9.17, 15) is 14.9 Å². The Morgan fingerprint density at radius 2 is 1.73 bits per heavy atom. The van der Waals surface area contributed by atoms with Gasteiger partial charge < -0.3 is 5.32 Å². The Morgan fingerprint density at radius 3 is 2.36 bits per heavy atom. The number of para-hydroxylation sites is 2. The Bertz CT molecular complexity index is 740. The van der Waals surface area contributed by atoms with E-state index in [0.717, 1.165) is 0 Å². The van der Waals surface area contributed by atoms with Crippen LogP contribution in [-0.2, 0) is 4.79 Å². The lowest BCUT2D eigenvalue weighted by Crippen LogP contribution is -2.09. The molecule has 2 rings (SSSR count). The van der Waals surface area contributed by atoms with Crippen molar-refractivity contribution in [1.29, 1.82) is 0 Å². The second kappa shape index (κ2) is 7.06. The molecule has 7 heteroatoms. The smallest absolute Gasteiger partial charge is 0.292 e. The van der Waals surface area contributed by atoms with Crippen molar-refractivity contribution in [1.82, 2.24) is 0 Å². The lowest BCUT2D eigenvalue weighted by Gasteiger charge is -2.03. The molecule has 0 saturated carbocycles. The van der Waals surface area contributed by atoms with Crippen molar-refractivity contribution in [2.45, 2.75) is 0 Å². The van der Waals surface area contributed by atoms with Crippen LogP contribution in [0.15, 0.2) is 48.5 Å². The highest BCUT2D eigenvalue weighted by Gasteiger charge is 2.13. The third-order valence-electron chi connectivity index (χ3n) is 2.76. The summed E-state index contributed by atoms with van der Waals surface area (Å²) in [6, 6.07) is 10.9. The third-order valence-corrected chi connectivity index (χ3v) is 3.42. The van der Waals surface area contributed by atoms with Gasteiger partial charge in [0.05, 0.1) is 4.92 Å². The fraction of sp³-hybridized carbons (Fsp3) is 0. The number of carbonyl (C=O) groups is 1. The number of carbonyl (C=O) groups excluding carboxylic acids is 1. The van der Waals surface area contributed by atoms with Gasteiger partial charge in [0.25, 0.3) is 5.69 Å². The minimum Gasteiger partial charge on any atom is -0.317 e. The number of nitro groups is 1.